The van der Waals surface area contributed by atoms with Crippen molar-refractivity contribution in [1.29, 1.82) is 0 Å². The molecule has 4 nitrogen and oxygen atoms in total. The van der Waals surface area contributed by atoms with Gasteiger partial charge in [0.15, 0.2) is 5.13 Å². The Bertz CT molecular complexity index is 265. The second-order valence-corrected chi connectivity index (χ2v) is 3.93. The second kappa shape index (κ2) is 5.95. The molecule has 1 aromatic heterocycles. The van der Waals surface area contributed by atoms with Crippen molar-refractivity contribution >= 4 is 16.5 Å². The van der Waals surface area contributed by atoms with E-state index in [1.807, 2.05) is 0 Å². The van der Waals surface area contributed by atoms with Gasteiger partial charge in [-0.1, -0.05) is 11.3 Å². The van der Waals surface area contributed by atoms with Gasteiger partial charge in [-0.3, -0.25) is 0 Å². The number of thiazole rings is 1. The molecule has 0 fully saturated rings. The molecule has 0 spiro atoms. The van der Waals surface area contributed by atoms with Gasteiger partial charge in [-0.2, -0.15) is 0 Å². The highest BCUT2D eigenvalue weighted by atomic mass is 32.1. The summed E-state index contributed by atoms with van der Waals surface area (Å²) >= 11 is 1.53. The predicted octanol–water partition coefficient (Wildman–Crippen LogP) is 1.11. The summed E-state index contributed by atoms with van der Waals surface area (Å²) < 4.78 is 5.01. The number of ether oxygens (including phenoxy) is 1. The maximum absolute atomic E-state index is 8.91. The molecule has 0 bridgehead atoms. The van der Waals surface area contributed by atoms with Crippen molar-refractivity contribution < 1.29 is 9.84 Å². The Morgan fingerprint density at radius 3 is 2.93 bits per heavy atom. The summed E-state index contributed by atoms with van der Waals surface area (Å²) in [5.41, 5.74) is 0. The van der Waals surface area contributed by atoms with Gasteiger partial charge >= 0.3 is 0 Å². The van der Waals surface area contributed by atoms with Gasteiger partial charge in [-0.15, -0.1) is 0 Å². The van der Waals surface area contributed by atoms with Gasteiger partial charge in [0.25, 0.3) is 0 Å². The fourth-order valence-corrected chi connectivity index (χ4v) is 1.97. The van der Waals surface area contributed by atoms with Crippen molar-refractivity contribution in [3.05, 3.63) is 11.1 Å². The zero-order valence-electron chi connectivity index (χ0n) is 8.56. The van der Waals surface area contributed by atoms with Crippen LogP contribution in [0.15, 0.2) is 6.20 Å². The van der Waals surface area contributed by atoms with Crippen LogP contribution >= 0.6 is 11.3 Å². The van der Waals surface area contributed by atoms with E-state index in [4.69, 9.17) is 9.84 Å². The van der Waals surface area contributed by atoms with Crippen LogP contribution in [0.5, 0.6) is 0 Å². The standard InChI is InChI=1S/C9H16N2O2S/c1-3-11(4-5-13-2)9-10-6-8(7-12)14-9/h6,12H,3-5,7H2,1-2H3. The third-order valence-electron chi connectivity index (χ3n) is 1.91. The van der Waals surface area contributed by atoms with Crippen molar-refractivity contribution in [3.8, 4) is 0 Å². The van der Waals surface area contributed by atoms with E-state index in [-0.39, 0.29) is 6.61 Å². The summed E-state index contributed by atoms with van der Waals surface area (Å²) in [7, 11) is 1.69. The number of aromatic nitrogens is 1. The largest absolute Gasteiger partial charge is 0.391 e. The van der Waals surface area contributed by atoms with Crippen LogP contribution in [0.25, 0.3) is 0 Å². The van der Waals surface area contributed by atoms with Crippen molar-refractivity contribution in [2.24, 2.45) is 0 Å². The number of aliphatic hydroxyl groups excluding tert-OH is 1. The molecule has 0 amide bonds. The molecule has 0 radical (unpaired) electrons. The van der Waals surface area contributed by atoms with E-state index in [0.29, 0.717) is 6.61 Å². The zero-order valence-corrected chi connectivity index (χ0v) is 9.38. The number of methoxy groups -OCH3 is 1. The SMILES string of the molecule is CCN(CCOC)c1ncc(CO)s1. The van der Waals surface area contributed by atoms with Crippen molar-refractivity contribution in [2.75, 3.05) is 31.7 Å². The summed E-state index contributed by atoms with van der Waals surface area (Å²) in [5.74, 6) is 0. The Morgan fingerprint density at radius 1 is 1.64 bits per heavy atom. The number of hydrogen-bond donors (Lipinski definition) is 1. The summed E-state index contributed by atoms with van der Waals surface area (Å²) in [6.07, 6.45) is 1.72. The molecule has 0 aliphatic rings. The maximum Gasteiger partial charge on any atom is 0.185 e. The minimum atomic E-state index is 0.0689. The topological polar surface area (TPSA) is 45.6 Å². The minimum absolute atomic E-state index is 0.0689. The molecule has 5 heteroatoms. The molecule has 1 aromatic rings. The summed E-state index contributed by atoms with van der Waals surface area (Å²) in [4.78, 5) is 7.27. The van der Waals surface area contributed by atoms with Gasteiger partial charge in [0.2, 0.25) is 0 Å². The molecule has 0 aliphatic heterocycles. The van der Waals surface area contributed by atoms with Gasteiger partial charge in [0, 0.05) is 26.4 Å². The smallest absolute Gasteiger partial charge is 0.185 e. The summed E-state index contributed by atoms with van der Waals surface area (Å²) in [6.45, 7) is 4.59. The third kappa shape index (κ3) is 2.94. The van der Waals surface area contributed by atoms with E-state index in [0.717, 1.165) is 23.1 Å². The van der Waals surface area contributed by atoms with Crippen molar-refractivity contribution in [3.63, 3.8) is 0 Å². The lowest BCUT2D eigenvalue weighted by Crippen LogP contribution is -2.26. The summed E-state index contributed by atoms with van der Waals surface area (Å²) in [6, 6.07) is 0. The quantitative estimate of drug-likeness (QED) is 0.773. The van der Waals surface area contributed by atoms with Crippen LogP contribution in [0.3, 0.4) is 0 Å². The van der Waals surface area contributed by atoms with Crippen molar-refractivity contribution in [2.45, 2.75) is 13.5 Å². The number of aliphatic hydroxyl groups is 1. The van der Waals surface area contributed by atoms with E-state index >= 15 is 0 Å². The summed E-state index contributed by atoms with van der Waals surface area (Å²) in [5, 5.41) is 9.86. The van der Waals surface area contributed by atoms with Crippen molar-refractivity contribution in [1.82, 2.24) is 4.98 Å². The minimum Gasteiger partial charge on any atom is -0.391 e. The van der Waals surface area contributed by atoms with Crippen LogP contribution in [-0.2, 0) is 11.3 Å². The monoisotopic (exact) mass is 216 g/mol. The first kappa shape index (κ1) is 11.4. The molecule has 80 valence electrons. The fraction of sp³-hybridized carbons (Fsp3) is 0.667. The average molecular weight is 216 g/mol. The van der Waals surface area contributed by atoms with Crippen LogP contribution in [-0.4, -0.2) is 36.9 Å². The fourth-order valence-electron chi connectivity index (χ4n) is 1.11. The van der Waals surface area contributed by atoms with Gasteiger partial charge in [-0.05, 0) is 6.92 Å². The molecular weight excluding hydrogens is 200 g/mol. The molecule has 0 atom stereocenters. The molecule has 14 heavy (non-hydrogen) atoms. The molecule has 0 saturated heterocycles. The highest BCUT2D eigenvalue weighted by Gasteiger charge is 2.08. The highest BCUT2D eigenvalue weighted by Crippen LogP contribution is 2.21. The lowest BCUT2D eigenvalue weighted by Gasteiger charge is -2.18. The molecular formula is C9H16N2O2S. The maximum atomic E-state index is 8.91. The van der Waals surface area contributed by atoms with E-state index in [2.05, 4.69) is 16.8 Å². The molecule has 0 aliphatic carbocycles. The van der Waals surface area contributed by atoms with Crippen LogP contribution in [0.2, 0.25) is 0 Å². The Hall–Kier alpha value is -0.650. The van der Waals surface area contributed by atoms with E-state index in [1.165, 1.54) is 11.3 Å². The molecule has 1 rings (SSSR count). The molecule has 1 N–H and O–H groups in total. The Morgan fingerprint density at radius 2 is 2.43 bits per heavy atom. The molecule has 0 saturated carbocycles. The van der Waals surface area contributed by atoms with Gasteiger partial charge in [-0.25, -0.2) is 4.98 Å². The third-order valence-corrected chi connectivity index (χ3v) is 2.96. The van der Waals surface area contributed by atoms with Crippen LogP contribution < -0.4 is 4.90 Å². The van der Waals surface area contributed by atoms with Crippen LogP contribution in [0.4, 0.5) is 5.13 Å². The second-order valence-electron chi connectivity index (χ2n) is 2.84. The zero-order chi connectivity index (χ0) is 10.4. The number of nitrogens with zero attached hydrogens (tertiary/aromatic N) is 2. The Kier molecular flexibility index (Phi) is 4.86. The van der Waals surface area contributed by atoms with Crippen LogP contribution in [0.1, 0.15) is 11.8 Å². The van der Waals surface area contributed by atoms with Gasteiger partial charge in [0.05, 0.1) is 18.1 Å². The highest BCUT2D eigenvalue weighted by molar-refractivity contribution is 7.15. The lowest BCUT2D eigenvalue weighted by molar-refractivity contribution is 0.205. The number of hydrogen-bond acceptors (Lipinski definition) is 5. The number of rotatable bonds is 6. The van der Waals surface area contributed by atoms with Gasteiger partial charge in [0.1, 0.15) is 0 Å². The van der Waals surface area contributed by atoms with E-state index < -0.39 is 0 Å². The lowest BCUT2D eigenvalue weighted by atomic mass is 10.5. The first-order valence-electron chi connectivity index (χ1n) is 4.61. The predicted molar refractivity (Wildman–Crippen MR) is 57.8 cm³/mol. The molecule has 0 aromatic carbocycles. The Labute approximate surface area is 88.1 Å². The van der Waals surface area contributed by atoms with Crippen LogP contribution in [0, 0.1) is 0 Å². The van der Waals surface area contributed by atoms with E-state index in [1.54, 1.807) is 13.3 Å². The van der Waals surface area contributed by atoms with Gasteiger partial charge < -0.3 is 14.7 Å². The first-order chi connectivity index (χ1) is 6.81. The average Bonchev–Trinajstić information content (AvgIpc) is 2.68. The number of anilines is 1. The normalized spacial score (nSPS) is 10.5. The molecule has 1 heterocycles. The Balaban J connectivity index is 2.58. The van der Waals surface area contributed by atoms with E-state index in [9.17, 15) is 0 Å². The first-order valence-corrected chi connectivity index (χ1v) is 5.43. The molecule has 0 unspecified atom stereocenters. The number of likely N-dealkylation sites (N-methyl/N-ethyl adjacent to an activating group) is 1.